The molecular formula is C19H17ClN2O2S2. The summed E-state index contributed by atoms with van der Waals surface area (Å²) < 4.78 is 7.74. The molecule has 3 rings (SSSR count). The molecule has 0 atom stereocenters. The number of halogens is 1. The van der Waals surface area contributed by atoms with Crippen molar-refractivity contribution >= 4 is 47.1 Å². The molecule has 0 radical (unpaired) electrons. The van der Waals surface area contributed by atoms with Crippen LogP contribution in [0, 0.1) is 3.95 Å². The molecule has 0 aliphatic carbocycles. The standard InChI is InChI=1S/C19H17ClN2O2S2/c1-12(2)24-16-9-5-14(6-10-16)21-11-17-18(23)22(19(25)26-17)15-7-3-13(20)4-8-15/h3-12,23H,1-2H3. The van der Waals surface area contributed by atoms with Gasteiger partial charge in [0.15, 0.2) is 3.95 Å². The van der Waals surface area contributed by atoms with Gasteiger partial charge in [-0.25, -0.2) is 0 Å². The summed E-state index contributed by atoms with van der Waals surface area (Å²) in [7, 11) is 0. The van der Waals surface area contributed by atoms with Crippen molar-refractivity contribution in [2.45, 2.75) is 20.0 Å². The van der Waals surface area contributed by atoms with Crippen molar-refractivity contribution in [1.29, 1.82) is 0 Å². The molecule has 1 aromatic heterocycles. The highest BCUT2D eigenvalue weighted by molar-refractivity contribution is 7.73. The van der Waals surface area contributed by atoms with Crippen molar-refractivity contribution in [2.24, 2.45) is 4.99 Å². The fourth-order valence-corrected chi connectivity index (χ4v) is 3.65. The molecule has 4 nitrogen and oxygen atoms in total. The molecule has 26 heavy (non-hydrogen) atoms. The first-order chi connectivity index (χ1) is 12.4. The molecule has 0 fully saturated rings. The van der Waals surface area contributed by atoms with E-state index in [0.717, 1.165) is 17.1 Å². The Labute approximate surface area is 166 Å². The van der Waals surface area contributed by atoms with Gasteiger partial charge in [-0.3, -0.25) is 9.56 Å². The third-order valence-corrected chi connectivity index (χ3v) is 4.99. The van der Waals surface area contributed by atoms with E-state index in [4.69, 9.17) is 28.6 Å². The molecule has 0 saturated carbocycles. The Balaban J connectivity index is 1.84. The first-order valence-corrected chi connectivity index (χ1v) is 9.56. The van der Waals surface area contributed by atoms with E-state index in [2.05, 4.69) is 4.99 Å². The minimum absolute atomic E-state index is 0.0610. The van der Waals surface area contributed by atoms with E-state index in [9.17, 15) is 5.11 Å². The van der Waals surface area contributed by atoms with E-state index in [0.29, 0.717) is 13.9 Å². The first-order valence-electron chi connectivity index (χ1n) is 7.95. The first kappa shape index (κ1) is 18.6. The predicted molar refractivity (Wildman–Crippen MR) is 111 cm³/mol. The van der Waals surface area contributed by atoms with Gasteiger partial charge in [-0.1, -0.05) is 22.9 Å². The molecule has 7 heteroatoms. The van der Waals surface area contributed by atoms with E-state index in [-0.39, 0.29) is 12.0 Å². The summed E-state index contributed by atoms with van der Waals surface area (Å²) in [5, 5.41) is 11.1. The van der Waals surface area contributed by atoms with Crippen LogP contribution in [0.2, 0.25) is 5.02 Å². The molecular weight excluding hydrogens is 388 g/mol. The number of hydrogen-bond acceptors (Lipinski definition) is 5. The van der Waals surface area contributed by atoms with E-state index >= 15 is 0 Å². The Hall–Kier alpha value is -2.15. The maximum atomic E-state index is 10.5. The van der Waals surface area contributed by atoms with Gasteiger partial charge in [0.25, 0.3) is 0 Å². The SMILES string of the molecule is CC(C)Oc1ccc(N=Cc2sc(=S)n(-c3ccc(Cl)cc3)c2O)cc1. The number of hydrogen-bond donors (Lipinski definition) is 1. The van der Waals surface area contributed by atoms with Crippen molar-refractivity contribution in [3.05, 3.63) is 62.4 Å². The lowest BCUT2D eigenvalue weighted by molar-refractivity contribution is 0.242. The Kier molecular flexibility index (Phi) is 5.76. The zero-order valence-corrected chi connectivity index (χ0v) is 16.6. The molecule has 0 bridgehead atoms. The number of thiazole rings is 1. The van der Waals surface area contributed by atoms with E-state index in [1.165, 1.54) is 11.3 Å². The summed E-state index contributed by atoms with van der Waals surface area (Å²) in [5.74, 6) is 0.858. The van der Waals surface area contributed by atoms with Gasteiger partial charge in [0.05, 0.1) is 23.7 Å². The highest BCUT2D eigenvalue weighted by atomic mass is 35.5. The number of aromatic hydroxyl groups is 1. The van der Waals surface area contributed by atoms with Crippen molar-refractivity contribution in [3.63, 3.8) is 0 Å². The summed E-state index contributed by atoms with van der Waals surface area (Å²) in [4.78, 5) is 5.00. The van der Waals surface area contributed by atoms with E-state index in [1.807, 2.05) is 38.1 Å². The van der Waals surface area contributed by atoms with Crippen LogP contribution in [0.25, 0.3) is 5.69 Å². The maximum Gasteiger partial charge on any atom is 0.216 e. The monoisotopic (exact) mass is 404 g/mol. The smallest absolute Gasteiger partial charge is 0.216 e. The second kappa shape index (κ2) is 8.03. The topological polar surface area (TPSA) is 46.8 Å². The fraction of sp³-hybridized carbons (Fsp3) is 0.158. The molecule has 3 aromatic rings. The fourth-order valence-electron chi connectivity index (χ4n) is 2.30. The van der Waals surface area contributed by atoms with Gasteiger partial charge >= 0.3 is 0 Å². The summed E-state index contributed by atoms with van der Waals surface area (Å²) in [6, 6.07) is 14.6. The van der Waals surface area contributed by atoms with E-state index < -0.39 is 0 Å². The van der Waals surface area contributed by atoms with Crippen molar-refractivity contribution < 1.29 is 9.84 Å². The maximum absolute atomic E-state index is 10.5. The Morgan fingerprint density at radius 2 is 1.81 bits per heavy atom. The molecule has 0 aliphatic rings. The lowest BCUT2D eigenvalue weighted by Gasteiger charge is -2.08. The van der Waals surface area contributed by atoms with Gasteiger partial charge in [0.1, 0.15) is 10.6 Å². The van der Waals surface area contributed by atoms with Crippen LogP contribution in [-0.2, 0) is 0 Å². The molecule has 1 heterocycles. The molecule has 0 amide bonds. The third-order valence-electron chi connectivity index (χ3n) is 3.44. The van der Waals surface area contributed by atoms with Crippen LogP contribution >= 0.6 is 35.2 Å². The minimum atomic E-state index is 0.0610. The zero-order valence-electron chi connectivity index (χ0n) is 14.2. The minimum Gasteiger partial charge on any atom is -0.493 e. The largest absolute Gasteiger partial charge is 0.493 e. The van der Waals surface area contributed by atoms with Gasteiger partial charge in [-0.2, -0.15) is 0 Å². The quantitative estimate of drug-likeness (QED) is 0.409. The summed E-state index contributed by atoms with van der Waals surface area (Å²) in [6.07, 6.45) is 1.74. The average Bonchev–Trinajstić information content (AvgIpc) is 2.89. The molecule has 0 spiro atoms. The van der Waals surface area contributed by atoms with Crippen LogP contribution in [0.3, 0.4) is 0 Å². The third kappa shape index (κ3) is 4.33. The van der Waals surface area contributed by atoms with Crippen molar-refractivity contribution in [1.82, 2.24) is 4.57 Å². The molecule has 134 valence electrons. The average molecular weight is 405 g/mol. The second-order valence-corrected chi connectivity index (χ2v) is 7.90. The normalized spacial score (nSPS) is 11.4. The molecule has 2 aromatic carbocycles. The van der Waals surface area contributed by atoms with E-state index in [1.54, 1.807) is 35.0 Å². The van der Waals surface area contributed by atoms with Crippen molar-refractivity contribution in [3.8, 4) is 17.3 Å². The number of rotatable bonds is 5. The predicted octanol–water partition coefficient (Wildman–Crippen LogP) is 6.17. The number of benzene rings is 2. The van der Waals surface area contributed by atoms with Gasteiger partial charge in [0, 0.05) is 5.02 Å². The Bertz CT molecular complexity index is 974. The summed E-state index contributed by atoms with van der Waals surface area (Å²) in [6.45, 7) is 3.96. The summed E-state index contributed by atoms with van der Waals surface area (Å²) in [5.41, 5.74) is 1.51. The highest BCUT2D eigenvalue weighted by Gasteiger charge is 2.12. The van der Waals surface area contributed by atoms with Crippen LogP contribution in [0.4, 0.5) is 5.69 Å². The molecule has 1 N–H and O–H groups in total. The number of ether oxygens (including phenoxy) is 1. The van der Waals surface area contributed by atoms with Gasteiger partial charge < -0.3 is 9.84 Å². The van der Waals surface area contributed by atoms with Crippen LogP contribution in [0.5, 0.6) is 11.6 Å². The lowest BCUT2D eigenvalue weighted by Crippen LogP contribution is -2.04. The zero-order chi connectivity index (χ0) is 18.7. The van der Waals surface area contributed by atoms with Gasteiger partial charge in [-0.15, -0.1) is 0 Å². The Morgan fingerprint density at radius 3 is 2.42 bits per heavy atom. The highest BCUT2D eigenvalue weighted by Crippen LogP contribution is 2.29. The van der Waals surface area contributed by atoms with Crippen molar-refractivity contribution in [2.75, 3.05) is 0 Å². The second-order valence-electron chi connectivity index (χ2n) is 5.79. The lowest BCUT2D eigenvalue weighted by atomic mass is 10.3. The molecule has 0 saturated heterocycles. The Morgan fingerprint density at radius 1 is 1.15 bits per heavy atom. The summed E-state index contributed by atoms with van der Waals surface area (Å²) >= 11 is 12.6. The van der Waals surface area contributed by atoms with Crippen LogP contribution < -0.4 is 4.74 Å². The van der Waals surface area contributed by atoms with Crippen LogP contribution in [0.15, 0.2) is 53.5 Å². The number of nitrogens with zero attached hydrogens (tertiary/aromatic N) is 2. The molecule has 0 unspecified atom stereocenters. The number of aliphatic imine (C=N–C) groups is 1. The van der Waals surface area contributed by atoms with Gasteiger partial charge in [0.2, 0.25) is 5.88 Å². The van der Waals surface area contributed by atoms with Gasteiger partial charge in [-0.05, 0) is 74.6 Å². The number of aromatic nitrogens is 1. The molecule has 0 aliphatic heterocycles. The van der Waals surface area contributed by atoms with Crippen LogP contribution in [0.1, 0.15) is 18.7 Å². The van der Waals surface area contributed by atoms with Crippen LogP contribution in [-0.4, -0.2) is 22.0 Å².